The van der Waals surface area contributed by atoms with Gasteiger partial charge in [-0.25, -0.2) is 21.6 Å². The van der Waals surface area contributed by atoms with Gasteiger partial charge in [-0.1, -0.05) is 36.4 Å². The lowest BCUT2D eigenvalue weighted by atomic mass is 9.88. The van der Waals surface area contributed by atoms with Crippen LogP contribution < -0.4 is 14.8 Å². The van der Waals surface area contributed by atoms with Gasteiger partial charge in [0.05, 0.1) is 22.0 Å². The first-order chi connectivity index (χ1) is 20.0. The molecule has 12 heteroatoms. The lowest BCUT2D eigenvalue weighted by Crippen LogP contribution is -2.47. The third-order valence-electron chi connectivity index (χ3n) is 7.79. The minimum atomic E-state index is -3.64. The minimum Gasteiger partial charge on any atom is -0.491 e. The molecule has 2 heterocycles. The number of hydrogen-bond donors (Lipinski definition) is 3. The molecule has 3 N–H and O–H groups in total. The number of ether oxygens (including phenoxy) is 2. The number of nitrogens with one attached hydrogen (secondary N) is 2. The Morgan fingerprint density at radius 3 is 2.45 bits per heavy atom. The molecule has 5 rings (SSSR count). The Balaban J connectivity index is 1.08. The van der Waals surface area contributed by atoms with E-state index in [1.54, 1.807) is 42.4 Å². The molecule has 0 amide bonds. The molecule has 228 valence electrons. The number of aliphatic hydroxyl groups excluding tert-OH is 1. The molecule has 0 aliphatic carbocycles. The van der Waals surface area contributed by atoms with Crippen LogP contribution >= 0.6 is 0 Å². The summed E-state index contributed by atoms with van der Waals surface area (Å²) < 4.78 is 67.5. The van der Waals surface area contributed by atoms with Gasteiger partial charge in [0.25, 0.3) is 0 Å². The first-order valence-corrected chi connectivity index (χ1v) is 17.2. The molecular weight excluding hydrogens is 578 g/mol. The molecule has 2 aliphatic rings. The smallest absolute Gasteiger partial charge is 0.243 e. The van der Waals surface area contributed by atoms with Crippen molar-refractivity contribution in [3.8, 4) is 5.75 Å². The average Bonchev–Trinajstić information content (AvgIpc) is 3.36. The summed E-state index contributed by atoms with van der Waals surface area (Å²) in [6.07, 6.45) is 1.13. The van der Waals surface area contributed by atoms with E-state index in [-0.39, 0.29) is 35.7 Å². The van der Waals surface area contributed by atoms with E-state index in [2.05, 4.69) is 10.0 Å². The van der Waals surface area contributed by atoms with Crippen molar-refractivity contribution < 1.29 is 31.4 Å². The van der Waals surface area contributed by atoms with Gasteiger partial charge in [-0.05, 0) is 68.1 Å². The zero-order chi connectivity index (χ0) is 30.0. The second kappa shape index (κ2) is 12.6. The van der Waals surface area contributed by atoms with Gasteiger partial charge in [-0.3, -0.25) is 0 Å². The molecular formula is C30H39N3O7S2. The van der Waals surface area contributed by atoms with E-state index in [0.717, 1.165) is 17.2 Å². The number of sulfonamides is 2. The number of piperidine rings is 1. The fraction of sp³-hybridized carbons (Fsp3) is 0.467. The standard InChI is InChI=1S/C30H39N3O7S2/c1-22(2)32-41(35,36)28-9-5-8-27(17-28)39-21-26(34)19-31-25-18-30(40-20-25)12-14-33(15-13-30)42(37,38)29-11-10-23-6-3-4-7-24(23)16-29/h3-11,16-17,22,25-26,31-32,34H,12-15,18-21H2,1-2H3/t25?,26-/m0/s1. The van der Waals surface area contributed by atoms with E-state index >= 15 is 0 Å². The molecule has 10 nitrogen and oxygen atoms in total. The van der Waals surface area contributed by atoms with Crippen molar-refractivity contribution in [2.24, 2.45) is 0 Å². The van der Waals surface area contributed by atoms with Crippen LogP contribution in [0.25, 0.3) is 10.8 Å². The van der Waals surface area contributed by atoms with E-state index in [9.17, 15) is 21.9 Å². The maximum atomic E-state index is 13.4. The number of fused-ring (bicyclic) bond motifs is 1. The minimum absolute atomic E-state index is 0.00553. The molecule has 2 saturated heterocycles. The number of rotatable bonds is 11. The molecule has 2 atom stereocenters. The summed E-state index contributed by atoms with van der Waals surface area (Å²) >= 11 is 0. The molecule has 3 aromatic carbocycles. The summed E-state index contributed by atoms with van der Waals surface area (Å²) in [4.78, 5) is 0.409. The van der Waals surface area contributed by atoms with Crippen molar-refractivity contribution in [3.63, 3.8) is 0 Å². The van der Waals surface area contributed by atoms with Gasteiger partial charge in [-0.2, -0.15) is 4.31 Å². The van der Waals surface area contributed by atoms with E-state index in [1.165, 1.54) is 12.1 Å². The number of nitrogens with zero attached hydrogens (tertiary/aromatic N) is 1. The van der Waals surface area contributed by atoms with Crippen LogP contribution in [-0.4, -0.2) is 82.9 Å². The topological polar surface area (TPSA) is 134 Å². The second-order valence-electron chi connectivity index (χ2n) is 11.4. The Labute approximate surface area is 248 Å². The number of benzene rings is 3. The highest BCUT2D eigenvalue weighted by molar-refractivity contribution is 7.89. The third-order valence-corrected chi connectivity index (χ3v) is 11.3. The highest BCUT2D eigenvalue weighted by Crippen LogP contribution is 2.37. The first kappa shape index (κ1) is 30.9. The fourth-order valence-corrected chi connectivity index (χ4v) is 8.36. The lowest BCUT2D eigenvalue weighted by molar-refractivity contribution is -0.0312. The fourth-order valence-electron chi connectivity index (χ4n) is 5.60. The van der Waals surface area contributed by atoms with Crippen LogP contribution in [0.15, 0.2) is 76.5 Å². The average molecular weight is 618 g/mol. The SMILES string of the molecule is CC(C)NS(=O)(=O)c1cccc(OC[C@@H](O)CNC2COC3(CCN(S(=O)(=O)c4ccc5ccccc5c4)CC3)C2)c1. The van der Waals surface area contributed by atoms with Crippen molar-refractivity contribution in [1.29, 1.82) is 0 Å². The maximum absolute atomic E-state index is 13.4. The quantitative estimate of drug-likeness (QED) is 0.299. The molecule has 0 radical (unpaired) electrons. The van der Waals surface area contributed by atoms with E-state index < -0.39 is 26.2 Å². The first-order valence-electron chi connectivity index (χ1n) is 14.3. The maximum Gasteiger partial charge on any atom is 0.243 e. The summed E-state index contributed by atoms with van der Waals surface area (Å²) in [5, 5.41) is 15.7. The predicted molar refractivity (Wildman–Crippen MR) is 160 cm³/mol. The van der Waals surface area contributed by atoms with E-state index in [4.69, 9.17) is 9.47 Å². The van der Waals surface area contributed by atoms with Crippen molar-refractivity contribution in [3.05, 3.63) is 66.7 Å². The number of aliphatic hydroxyl groups is 1. The zero-order valence-electron chi connectivity index (χ0n) is 23.9. The van der Waals surface area contributed by atoms with Crippen LogP contribution in [0.5, 0.6) is 5.75 Å². The summed E-state index contributed by atoms with van der Waals surface area (Å²) in [5.41, 5.74) is -0.384. The van der Waals surface area contributed by atoms with E-state index in [0.29, 0.717) is 43.2 Å². The van der Waals surface area contributed by atoms with Crippen molar-refractivity contribution in [2.45, 2.75) is 66.7 Å². The van der Waals surface area contributed by atoms with Gasteiger partial charge in [0.2, 0.25) is 20.0 Å². The van der Waals surface area contributed by atoms with Crippen LogP contribution in [0.3, 0.4) is 0 Å². The Hall–Kier alpha value is -2.58. The van der Waals surface area contributed by atoms with Crippen LogP contribution in [0.2, 0.25) is 0 Å². The van der Waals surface area contributed by atoms with Crippen LogP contribution in [-0.2, 0) is 24.8 Å². The molecule has 0 saturated carbocycles. The van der Waals surface area contributed by atoms with Gasteiger partial charge in [0.15, 0.2) is 0 Å². The highest BCUT2D eigenvalue weighted by Gasteiger charge is 2.44. The lowest BCUT2D eigenvalue weighted by Gasteiger charge is -2.38. The van der Waals surface area contributed by atoms with Crippen molar-refractivity contribution in [1.82, 2.24) is 14.3 Å². The number of hydrogen-bond acceptors (Lipinski definition) is 8. The normalized spacial score (nSPS) is 20.3. The summed E-state index contributed by atoms with van der Waals surface area (Å²) in [7, 11) is -7.25. The van der Waals surface area contributed by atoms with Crippen LogP contribution in [0.1, 0.15) is 33.1 Å². The summed E-state index contributed by atoms with van der Waals surface area (Å²) in [6, 6.07) is 18.9. The van der Waals surface area contributed by atoms with Gasteiger partial charge in [-0.15, -0.1) is 0 Å². The Kier molecular flexibility index (Phi) is 9.24. The van der Waals surface area contributed by atoms with Gasteiger partial charge in [0, 0.05) is 37.8 Å². The molecule has 0 bridgehead atoms. The van der Waals surface area contributed by atoms with E-state index in [1.807, 2.05) is 30.3 Å². The summed E-state index contributed by atoms with van der Waals surface area (Å²) in [5.74, 6) is 0.356. The highest BCUT2D eigenvalue weighted by atomic mass is 32.2. The molecule has 42 heavy (non-hydrogen) atoms. The van der Waals surface area contributed by atoms with Gasteiger partial charge in [0.1, 0.15) is 18.5 Å². The van der Waals surface area contributed by atoms with Gasteiger partial charge >= 0.3 is 0 Å². The van der Waals surface area contributed by atoms with Crippen molar-refractivity contribution in [2.75, 3.05) is 32.8 Å². The van der Waals surface area contributed by atoms with Crippen molar-refractivity contribution >= 4 is 30.8 Å². The Bertz CT molecular complexity index is 1600. The molecule has 1 unspecified atom stereocenters. The predicted octanol–water partition coefficient (Wildman–Crippen LogP) is 2.87. The Morgan fingerprint density at radius 1 is 0.976 bits per heavy atom. The molecule has 0 aromatic heterocycles. The zero-order valence-corrected chi connectivity index (χ0v) is 25.5. The third kappa shape index (κ3) is 7.13. The second-order valence-corrected chi connectivity index (χ2v) is 15.1. The molecule has 3 aromatic rings. The molecule has 2 fully saturated rings. The van der Waals surface area contributed by atoms with Gasteiger partial charge < -0.3 is 19.9 Å². The summed E-state index contributed by atoms with van der Waals surface area (Å²) in [6.45, 7) is 5.03. The van der Waals surface area contributed by atoms with Crippen LogP contribution in [0, 0.1) is 0 Å². The largest absolute Gasteiger partial charge is 0.491 e. The Morgan fingerprint density at radius 2 is 1.71 bits per heavy atom. The molecule has 2 aliphatic heterocycles. The molecule has 1 spiro atoms. The van der Waals surface area contributed by atoms with Crippen LogP contribution in [0.4, 0.5) is 0 Å². The monoisotopic (exact) mass is 617 g/mol.